The zero-order valence-electron chi connectivity index (χ0n) is 20.9. The Bertz CT molecular complexity index is 1010. The van der Waals surface area contributed by atoms with E-state index in [0.717, 1.165) is 0 Å². The third-order valence-corrected chi connectivity index (χ3v) is 5.89. The fourth-order valence-corrected chi connectivity index (χ4v) is 3.96. The number of hydrogen-bond acceptors (Lipinski definition) is 8. The van der Waals surface area contributed by atoms with Crippen molar-refractivity contribution in [3.63, 3.8) is 0 Å². The molecule has 2 amide bonds. The fourth-order valence-electron chi connectivity index (χ4n) is 3.96. The second kappa shape index (κ2) is 12.2. The minimum Gasteiger partial charge on any atom is -0.493 e. The first kappa shape index (κ1) is 26.0. The maximum Gasteiger partial charge on any atom is 0.254 e. The number of amides is 2. The van der Waals surface area contributed by atoms with Crippen LogP contribution >= 0.6 is 0 Å². The zero-order valence-corrected chi connectivity index (χ0v) is 20.9. The van der Waals surface area contributed by atoms with E-state index < -0.39 is 0 Å². The lowest BCUT2D eigenvalue weighted by molar-refractivity contribution is -0.116. The Morgan fingerprint density at radius 1 is 0.771 bits per heavy atom. The minimum atomic E-state index is -0.122. The molecule has 1 heterocycles. The summed E-state index contributed by atoms with van der Waals surface area (Å²) in [5.41, 5.74) is 1.12. The van der Waals surface area contributed by atoms with Gasteiger partial charge in [-0.1, -0.05) is 0 Å². The van der Waals surface area contributed by atoms with Crippen LogP contribution in [0.3, 0.4) is 0 Å². The van der Waals surface area contributed by atoms with E-state index >= 15 is 0 Å². The van der Waals surface area contributed by atoms with Gasteiger partial charge in [0.15, 0.2) is 23.0 Å². The number of carbonyl (C=O) groups is 2. The Hall–Kier alpha value is -3.66. The van der Waals surface area contributed by atoms with Gasteiger partial charge in [0.05, 0.1) is 35.5 Å². The van der Waals surface area contributed by atoms with Crippen molar-refractivity contribution in [1.29, 1.82) is 0 Å². The number of ether oxygens (including phenoxy) is 5. The van der Waals surface area contributed by atoms with E-state index in [0.29, 0.717) is 79.1 Å². The van der Waals surface area contributed by atoms with Crippen LogP contribution in [0.25, 0.3) is 0 Å². The monoisotopic (exact) mass is 487 g/mol. The van der Waals surface area contributed by atoms with Crippen molar-refractivity contribution in [1.82, 2.24) is 9.80 Å². The van der Waals surface area contributed by atoms with E-state index in [1.165, 1.54) is 21.3 Å². The number of carbonyl (C=O) groups excluding carboxylic acids is 2. The number of hydrogen-bond donors (Lipinski definition) is 1. The van der Waals surface area contributed by atoms with Crippen molar-refractivity contribution in [3.8, 4) is 28.7 Å². The average Bonchev–Trinajstić information content (AvgIpc) is 2.90. The molecule has 0 saturated carbocycles. The van der Waals surface area contributed by atoms with Gasteiger partial charge >= 0.3 is 0 Å². The number of methoxy groups -OCH3 is 5. The Labute approximate surface area is 205 Å². The van der Waals surface area contributed by atoms with Gasteiger partial charge in [-0.05, 0) is 18.2 Å². The van der Waals surface area contributed by atoms with Crippen LogP contribution in [0.4, 0.5) is 5.69 Å². The molecule has 35 heavy (non-hydrogen) atoms. The summed E-state index contributed by atoms with van der Waals surface area (Å²) in [5.74, 6) is 2.34. The van der Waals surface area contributed by atoms with Crippen LogP contribution in [0.1, 0.15) is 16.8 Å². The van der Waals surface area contributed by atoms with E-state index in [4.69, 9.17) is 23.7 Å². The molecule has 0 aliphatic carbocycles. The lowest BCUT2D eigenvalue weighted by Crippen LogP contribution is -2.49. The molecule has 1 N–H and O–H groups in total. The average molecular weight is 488 g/mol. The molecule has 2 aromatic carbocycles. The van der Waals surface area contributed by atoms with Gasteiger partial charge in [-0.15, -0.1) is 0 Å². The lowest BCUT2D eigenvalue weighted by atomic mass is 10.1. The van der Waals surface area contributed by atoms with Crippen molar-refractivity contribution in [3.05, 3.63) is 35.9 Å². The predicted molar refractivity (Wildman–Crippen MR) is 131 cm³/mol. The Balaban J connectivity index is 1.50. The molecule has 0 spiro atoms. The van der Waals surface area contributed by atoms with E-state index in [9.17, 15) is 9.59 Å². The largest absolute Gasteiger partial charge is 0.493 e. The lowest BCUT2D eigenvalue weighted by Gasteiger charge is -2.34. The molecular weight excluding hydrogens is 454 g/mol. The smallest absolute Gasteiger partial charge is 0.254 e. The van der Waals surface area contributed by atoms with Gasteiger partial charge in [0.25, 0.3) is 5.91 Å². The van der Waals surface area contributed by atoms with Gasteiger partial charge in [0.1, 0.15) is 0 Å². The van der Waals surface area contributed by atoms with Gasteiger partial charge < -0.3 is 33.9 Å². The van der Waals surface area contributed by atoms with Gasteiger partial charge in [-0.2, -0.15) is 0 Å². The van der Waals surface area contributed by atoms with Crippen molar-refractivity contribution < 1.29 is 33.3 Å². The maximum absolute atomic E-state index is 12.9. The van der Waals surface area contributed by atoms with Gasteiger partial charge in [-0.25, -0.2) is 0 Å². The van der Waals surface area contributed by atoms with Gasteiger partial charge in [0.2, 0.25) is 11.7 Å². The van der Waals surface area contributed by atoms with Crippen LogP contribution in [0, 0.1) is 0 Å². The molecule has 1 fully saturated rings. The van der Waals surface area contributed by atoms with Crippen LogP contribution in [-0.2, 0) is 4.79 Å². The Morgan fingerprint density at radius 3 is 1.91 bits per heavy atom. The molecule has 0 aromatic heterocycles. The number of anilines is 1. The van der Waals surface area contributed by atoms with Crippen LogP contribution in [0.2, 0.25) is 0 Å². The summed E-state index contributed by atoms with van der Waals surface area (Å²) in [6, 6.07) is 8.55. The number of rotatable bonds is 10. The highest BCUT2D eigenvalue weighted by Crippen LogP contribution is 2.40. The van der Waals surface area contributed by atoms with Crippen LogP contribution < -0.4 is 29.0 Å². The van der Waals surface area contributed by atoms with Gasteiger partial charge in [0, 0.05) is 62.5 Å². The van der Waals surface area contributed by atoms with Crippen LogP contribution in [0.15, 0.2) is 30.3 Å². The number of benzene rings is 2. The molecule has 10 nitrogen and oxygen atoms in total. The molecule has 1 aliphatic rings. The summed E-state index contributed by atoms with van der Waals surface area (Å²) in [6.07, 6.45) is 0.320. The second-order valence-electron chi connectivity index (χ2n) is 7.92. The molecule has 0 unspecified atom stereocenters. The molecule has 190 valence electrons. The highest BCUT2D eigenvalue weighted by molar-refractivity contribution is 5.95. The first-order valence-corrected chi connectivity index (χ1v) is 11.3. The topological polar surface area (TPSA) is 98.8 Å². The number of piperazine rings is 1. The summed E-state index contributed by atoms with van der Waals surface area (Å²) in [7, 11) is 7.68. The van der Waals surface area contributed by atoms with E-state index in [1.807, 2.05) is 4.90 Å². The summed E-state index contributed by atoms with van der Waals surface area (Å²) >= 11 is 0. The normalized spacial score (nSPS) is 13.7. The van der Waals surface area contributed by atoms with Crippen LogP contribution in [0.5, 0.6) is 28.7 Å². The molecule has 0 atom stereocenters. The summed E-state index contributed by atoms with van der Waals surface area (Å²) in [6.45, 7) is 3.14. The molecule has 3 rings (SSSR count). The van der Waals surface area contributed by atoms with E-state index in [2.05, 4.69) is 10.2 Å². The number of nitrogens with zero attached hydrogens (tertiary/aromatic N) is 2. The molecular formula is C25H33N3O7. The Kier molecular flexibility index (Phi) is 9.02. The zero-order chi connectivity index (χ0) is 25.4. The van der Waals surface area contributed by atoms with E-state index in [-0.39, 0.29) is 11.8 Å². The predicted octanol–water partition coefficient (Wildman–Crippen LogP) is 2.52. The van der Waals surface area contributed by atoms with Crippen molar-refractivity contribution in [2.24, 2.45) is 0 Å². The van der Waals surface area contributed by atoms with Crippen LogP contribution in [-0.4, -0.2) is 89.9 Å². The summed E-state index contributed by atoms with van der Waals surface area (Å²) in [4.78, 5) is 29.4. The third-order valence-electron chi connectivity index (χ3n) is 5.89. The van der Waals surface area contributed by atoms with Crippen molar-refractivity contribution >= 4 is 17.5 Å². The first-order valence-electron chi connectivity index (χ1n) is 11.3. The fraction of sp³-hybridized carbons (Fsp3) is 0.440. The molecule has 0 radical (unpaired) electrons. The maximum atomic E-state index is 12.9. The highest BCUT2D eigenvalue weighted by atomic mass is 16.5. The van der Waals surface area contributed by atoms with Crippen molar-refractivity contribution in [2.45, 2.75) is 6.42 Å². The molecule has 2 aromatic rings. The quantitative estimate of drug-likeness (QED) is 0.546. The molecule has 10 heteroatoms. The SMILES string of the molecule is COc1ccc(C(=O)N2CCN(CCC(=O)Nc3cc(OC)c(OC)c(OC)c3)CC2)cc1OC. The molecule has 0 bridgehead atoms. The van der Waals surface area contributed by atoms with Crippen molar-refractivity contribution in [2.75, 3.05) is 73.6 Å². The van der Waals surface area contributed by atoms with Gasteiger partial charge in [-0.3, -0.25) is 14.5 Å². The Morgan fingerprint density at radius 2 is 1.37 bits per heavy atom. The molecule has 1 aliphatic heterocycles. The highest BCUT2D eigenvalue weighted by Gasteiger charge is 2.23. The van der Waals surface area contributed by atoms with E-state index in [1.54, 1.807) is 44.6 Å². The number of nitrogens with one attached hydrogen (secondary N) is 1. The third kappa shape index (κ3) is 6.27. The first-order chi connectivity index (χ1) is 16.9. The summed E-state index contributed by atoms with van der Waals surface area (Å²) in [5, 5.41) is 2.88. The second-order valence-corrected chi connectivity index (χ2v) is 7.92. The summed E-state index contributed by atoms with van der Waals surface area (Å²) < 4.78 is 26.5. The molecule has 1 saturated heterocycles. The standard InChI is InChI=1S/C25H33N3O7/c1-31-19-7-6-17(14-20(19)32-2)25(30)28-12-10-27(11-13-28)9-8-23(29)26-18-15-21(33-3)24(35-5)22(16-18)34-4/h6-7,14-16H,8-13H2,1-5H3,(H,26,29). The minimum absolute atomic E-state index is 0.0502.